The molecule has 1 aliphatic rings. The van der Waals surface area contributed by atoms with Gasteiger partial charge in [0, 0.05) is 7.05 Å². The van der Waals surface area contributed by atoms with E-state index >= 15 is 0 Å². The number of likely N-dealkylation sites (tertiary alicyclic amines) is 1. The first kappa shape index (κ1) is 19.9. The van der Waals surface area contributed by atoms with Gasteiger partial charge in [-0.15, -0.1) is 0 Å². The minimum Gasteiger partial charge on any atom is -0.445 e. The number of likely N-dealkylation sites (N-methyl/N-ethyl adjacent to an activating group) is 1. The molecule has 1 aliphatic heterocycles. The molecular formula is C18H24F2N2O4. The maximum atomic E-state index is 14.3. The zero-order valence-electron chi connectivity index (χ0n) is 15.4. The van der Waals surface area contributed by atoms with Gasteiger partial charge in [-0.2, -0.15) is 0 Å². The number of halogens is 2. The lowest BCUT2D eigenvalue weighted by Crippen LogP contribution is -2.48. The second kappa shape index (κ2) is 7.47. The molecule has 26 heavy (non-hydrogen) atoms. The van der Waals surface area contributed by atoms with Crippen molar-refractivity contribution in [2.75, 3.05) is 20.1 Å². The van der Waals surface area contributed by atoms with Crippen molar-refractivity contribution in [3.05, 3.63) is 35.9 Å². The average molecular weight is 370 g/mol. The third-order valence-corrected chi connectivity index (χ3v) is 3.89. The molecule has 0 spiro atoms. The Labute approximate surface area is 151 Å². The summed E-state index contributed by atoms with van der Waals surface area (Å²) < 4.78 is 38.9. The monoisotopic (exact) mass is 370 g/mol. The predicted molar refractivity (Wildman–Crippen MR) is 90.9 cm³/mol. The number of hydrogen-bond donors (Lipinski definition) is 0. The predicted octanol–water partition coefficient (Wildman–Crippen LogP) is 3.51. The van der Waals surface area contributed by atoms with E-state index in [1.165, 1.54) is 7.05 Å². The van der Waals surface area contributed by atoms with Gasteiger partial charge >= 0.3 is 12.2 Å². The summed E-state index contributed by atoms with van der Waals surface area (Å²) in [5.74, 6) is -3.25. The Morgan fingerprint density at radius 3 is 2.46 bits per heavy atom. The Hall–Kier alpha value is -2.38. The molecule has 1 unspecified atom stereocenters. The average Bonchev–Trinajstić information content (AvgIpc) is 2.87. The molecule has 1 aromatic rings. The Kier molecular flexibility index (Phi) is 5.73. The third kappa shape index (κ3) is 5.06. The summed E-state index contributed by atoms with van der Waals surface area (Å²) >= 11 is 0. The van der Waals surface area contributed by atoms with E-state index < -0.39 is 36.3 Å². The van der Waals surface area contributed by atoms with Gasteiger partial charge < -0.3 is 14.4 Å². The fourth-order valence-corrected chi connectivity index (χ4v) is 2.59. The van der Waals surface area contributed by atoms with Gasteiger partial charge in [-0.25, -0.2) is 18.4 Å². The third-order valence-electron chi connectivity index (χ3n) is 3.89. The summed E-state index contributed by atoms with van der Waals surface area (Å²) in [5.41, 5.74) is -0.0341. The lowest BCUT2D eigenvalue weighted by molar-refractivity contribution is -0.0440. The highest BCUT2D eigenvalue weighted by Gasteiger charge is 2.53. The molecule has 6 nitrogen and oxygen atoms in total. The molecule has 1 heterocycles. The van der Waals surface area contributed by atoms with Crippen LogP contribution in [0.1, 0.15) is 26.3 Å². The molecule has 1 saturated heterocycles. The van der Waals surface area contributed by atoms with Gasteiger partial charge in [-0.3, -0.25) is 4.90 Å². The zero-order chi connectivity index (χ0) is 19.5. The van der Waals surface area contributed by atoms with Gasteiger partial charge in [-0.05, 0) is 26.3 Å². The SMILES string of the molecule is CN(C(=O)OCc1ccccc1)C1CN(C(=O)OC(C)(C)C)CC1(F)F. The number of nitrogens with zero attached hydrogens (tertiary/aromatic N) is 2. The highest BCUT2D eigenvalue weighted by molar-refractivity contribution is 5.70. The number of hydrogen-bond acceptors (Lipinski definition) is 4. The maximum absolute atomic E-state index is 14.3. The normalized spacial score (nSPS) is 19.2. The molecule has 1 aromatic carbocycles. The lowest BCUT2D eigenvalue weighted by atomic mass is 10.2. The Bertz CT molecular complexity index is 646. The van der Waals surface area contributed by atoms with Crippen LogP contribution >= 0.6 is 0 Å². The Morgan fingerprint density at radius 1 is 1.27 bits per heavy atom. The molecule has 1 fully saturated rings. The van der Waals surface area contributed by atoms with Crippen molar-refractivity contribution in [3.63, 3.8) is 0 Å². The molecule has 0 N–H and O–H groups in total. The Morgan fingerprint density at radius 2 is 1.88 bits per heavy atom. The molecule has 0 bridgehead atoms. The van der Waals surface area contributed by atoms with Crippen molar-refractivity contribution in [3.8, 4) is 0 Å². The first-order valence-corrected chi connectivity index (χ1v) is 8.29. The van der Waals surface area contributed by atoms with Crippen LogP contribution in [-0.4, -0.2) is 59.7 Å². The minimum absolute atomic E-state index is 0.0158. The van der Waals surface area contributed by atoms with Crippen LogP contribution in [0.25, 0.3) is 0 Å². The number of alkyl halides is 2. The van der Waals surface area contributed by atoms with Gasteiger partial charge in [0.25, 0.3) is 5.92 Å². The quantitative estimate of drug-likeness (QED) is 0.817. The van der Waals surface area contributed by atoms with E-state index in [1.807, 2.05) is 6.07 Å². The standard InChI is InChI=1S/C18H24F2N2O4/c1-17(2,3)26-16(24)22-10-14(18(19,20)12-22)21(4)15(23)25-11-13-8-6-5-7-9-13/h5-9,14H,10-12H2,1-4H3. The van der Waals surface area contributed by atoms with Gasteiger partial charge in [0.1, 0.15) is 18.2 Å². The molecule has 0 radical (unpaired) electrons. The van der Waals surface area contributed by atoms with Crippen molar-refractivity contribution in [2.24, 2.45) is 0 Å². The smallest absolute Gasteiger partial charge is 0.410 e. The van der Waals surface area contributed by atoms with E-state index in [-0.39, 0.29) is 13.2 Å². The molecule has 2 rings (SSSR count). The molecule has 0 aliphatic carbocycles. The van der Waals surface area contributed by atoms with E-state index in [0.29, 0.717) is 0 Å². The fourth-order valence-electron chi connectivity index (χ4n) is 2.59. The van der Waals surface area contributed by atoms with Crippen LogP contribution in [0.2, 0.25) is 0 Å². The molecule has 1 atom stereocenters. The van der Waals surface area contributed by atoms with Crippen LogP contribution in [0.15, 0.2) is 30.3 Å². The molecule has 0 saturated carbocycles. The highest BCUT2D eigenvalue weighted by atomic mass is 19.3. The van der Waals surface area contributed by atoms with E-state index in [1.54, 1.807) is 45.0 Å². The first-order valence-electron chi connectivity index (χ1n) is 8.29. The van der Waals surface area contributed by atoms with E-state index in [9.17, 15) is 18.4 Å². The maximum Gasteiger partial charge on any atom is 0.410 e. The summed E-state index contributed by atoms with van der Waals surface area (Å²) in [6.07, 6.45) is -1.70. The van der Waals surface area contributed by atoms with Crippen LogP contribution in [0.4, 0.5) is 18.4 Å². The van der Waals surface area contributed by atoms with Crippen molar-refractivity contribution in [1.82, 2.24) is 9.80 Å². The van der Waals surface area contributed by atoms with Crippen LogP contribution in [0, 0.1) is 0 Å². The van der Waals surface area contributed by atoms with Crippen LogP contribution in [-0.2, 0) is 16.1 Å². The van der Waals surface area contributed by atoms with Gasteiger partial charge in [0.2, 0.25) is 0 Å². The Balaban J connectivity index is 1.97. The second-order valence-corrected chi connectivity index (χ2v) is 7.29. The molecule has 144 valence electrons. The first-order chi connectivity index (χ1) is 12.0. The number of amides is 2. The minimum atomic E-state index is -3.25. The summed E-state index contributed by atoms with van der Waals surface area (Å²) in [6.45, 7) is 3.83. The topological polar surface area (TPSA) is 59.1 Å². The summed E-state index contributed by atoms with van der Waals surface area (Å²) in [5, 5.41) is 0. The van der Waals surface area contributed by atoms with Crippen molar-refractivity contribution >= 4 is 12.2 Å². The number of ether oxygens (including phenoxy) is 2. The van der Waals surface area contributed by atoms with Crippen LogP contribution in [0.5, 0.6) is 0 Å². The zero-order valence-corrected chi connectivity index (χ0v) is 15.4. The molecule has 2 amide bonds. The van der Waals surface area contributed by atoms with Crippen LogP contribution < -0.4 is 0 Å². The summed E-state index contributed by atoms with van der Waals surface area (Å²) in [4.78, 5) is 25.9. The molecule has 8 heteroatoms. The van der Waals surface area contributed by atoms with Gasteiger partial charge in [-0.1, -0.05) is 30.3 Å². The van der Waals surface area contributed by atoms with Crippen LogP contribution in [0.3, 0.4) is 0 Å². The summed E-state index contributed by atoms with van der Waals surface area (Å²) in [6, 6.07) is 7.46. The number of benzene rings is 1. The number of rotatable bonds is 3. The fraction of sp³-hybridized carbons (Fsp3) is 0.556. The van der Waals surface area contributed by atoms with E-state index in [0.717, 1.165) is 15.4 Å². The molecular weight excluding hydrogens is 346 g/mol. The number of carbonyl (C=O) groups excluding carboxylic acids is 2. The lowest BCUT2D eigenvalue weighted by Gasteiger charge is -2.27. The summed E-state index contributed by atoms with van der Waals surface area (Å²) in [7, 11) is 1.24. The van der Waals surface area contributed by atoms with E-state index in [2.05, 4.69) is 0 Å². The second-order valence-electron chi connectivity index (χ2n) is 7.29. The molecule has 0 aromatic heterocycles. The van der Waals surface area contributed by atoms with E-state index in [4.69, 9.17) is 9.47 Å². The largest absolute Gasteiger partial charge is 0.445 e. The van der Waals surface area contributed by atoms with Crippen molar-refractivity contribution < 1.29 is 27.8 Å². The van der Waals surface area contributed by atoms with Gasteiger partial charge in [0.15, 0.2) is 0 Å². The van der Waals surface area contributed by atoms with Gasteiger partial charge in [0.05, 0.1) is 13.1 Å². The number of carbonyl (C=O) groups is 2. The highest BCUT2D eigenvalue weighted by Crippen LogP contribution is 2.32. The van der Waals surface area contributed by atoms with Crippen molar-refractivity contribution in [2.45, 2.75) is 44.9 Å². The van der Waals surface area contributed by atoms with Crippen molar-refractivity contribution in [1.29, 1.82) is 0 Å².